The van der Waals surface area contributed by atoms with Crippen molar-refractivity contribution < 1.29 is 14.0 Å². The Kier molecular flexibility index (Phi) is 6.07. The van der Waals surface area contributed by atoms with E-state index in [0.29, 0.717) is 38.0 Å². The molecule has 0 unspecified atom stereocenters. The molecule has 1 aliphatic heterocycles. The minimum absolute atomic E-state index is 0.00122. The van der Waals surface area contributed by atoms with Gasteiger partial charge in [0.2, 0.25) is 11.8 Å². The zero-order chi connectivity index (χ0) is 18.5. The molecule has 1 atom stereocenters. The van der Waals surface area contributed by atoms with Gasteiger partial charge in [0.05, 0.1) is 0 Å². The lowest BCUT2D eigenvalue weighted by molar-refractivity contribution is -0.139. The number of benzene rings is 1. The van der Waals surface area contributed by atoms with Crippen molar-refractivity contribution in [1.29, 1.82) is 0 Å². The number of nitrogens with one attached hydrogen (secondary N) is 1. The molecule has 0 aromatic heterocycles. The Hall–Kier alpha value is -2.17. The highest BCUT2D eigenvalue weighted by Crippen LogP contribution is 2.24. The number of hydrogen-bond acceptors (Lipinski definition) is 2. The van der Waals surface area contributed by atoms with E-state index in [4.69, 9.17) is 0 Å². The summed E-state index contributed by atoms with van der Waals surface area (Å²) in [4.78, 5) is 26.9. The molecule has 1 heterocycles. The molecule has 140 valence electrons. The third-order valence-electron chi connectivity index (χ3n) is 5.50. The van der Waals surface area contributed by atoms with E-state index in [1.165, 1.54) is 6.07 Å². The number of allylic oxidation sites excluding steroid dienone is 2. The number of carbonyl (C=O) groups is 2. The molecule has 0 bridgehead atoms. The Morgan fingerprint density at radius 3 is 2.58 bits per heavy atom. The van der Waals surface area contributed by atoms with Crippen LogP contribution in [0.3, 0.4) is 0 Å². The van der Waals surface area contributed by atoms with Crippen LogP contribution in [0.4, 0.5) is 4.39 Å². The van der Waals surface area contributed by atoms with Crippen LogP contribution in [-0.2, 0) is 16.1 Å². The van der Waals surface area contributed by atoms with Gasteiger partial charge in [-0.05, 0) is 56.2 Å². The van der Waals surface area contributed by atoms with Crippen LogP contribution >= 0.6 is 0 Å². The molecule has 1 aromatic carbocycles. The van der Waals surface area contributed by atoms with Gasteiger partial charge in [0.1, 0.15) is 5.82 Å². The highest BCUT2D eigenvalue weighted by atomic mass is 19.1. The second-order valence-corrected chi connectivity index (χ2v) is 7.38. The quantitative estimate of drug-likeness (QED) is 0.839. The SMILES string of the molecule is Cc1ccc(CNC(=O)C2CCN(C(=O)[C@@H]3CC=CCC3)CC2)cc1F. The van der Waals surface area contributed by atoms with Crippen molar-refractivity contribution in [3.8, 4) is 0 Å². The largest absolute Gasteiger partial charge is 0.352 e. The molecule has 0 radical (unpaired) electrons. The van der Waals surface area contributed by atoms with Crippen molar-refractivity contribution in [3.63, 3.8) is 0 Å². The first-order chi connectivity index (χ1) is 12.5. The summed E-state index contributed by atoms with van der Waals surface area (Å²) in [5, 5.41) is 2.90. The fraction of sp³-hybridized carbons (Fsp3) is 0.524. The van der Waals surface area contributed by atoms with Crippen LogP contribution in [0.2, 0.25) is 0 Å². The fourth-order valence-corrected chi connectivity index (χ4v) is 3.72. The van der Waals surface area contributed by atoms with Crippen LogP contribution in [0.5, 0.6) is 0 Å². The number of carbonyl (C=O) groups excluding carboxylic acids is 2. The Balaban J connectivity index is 1.45. The second-order valence-electron chi connectivity index (χ2n) is 7.38. The monoisotopic (exact) mass is 358 g/mol. The maximum Gasteiger partial charge on any atom is 0.226 e. The molecule has 1 aliphatic carbocycles. The fourth-order valence-electron chi connectivity index (χ4n) is 3.72. The van der Waals surface area contributed by atoms with E-state index >= 15 is 0 Å². The van der Waals surface area contributed by atoms with E-state index in [2.05, 4.69) is 17.5 Å². The topological polar surface area (TPSA) is 49.4 Å². The summed E-state index contributed by atoms with van der Waals surface area (Å²) in [7, 11) is 0. The molecule has 1 N–H and O–H groups in total. The first kappa shape index (κ1) is 18.6. The van der Waals surface area contributed by atoms with E-state index in [-0.39, 0.29) is 29.5 Å². The molecular weight excluding hydrogens is 331 g/mol. The van der Waals surface area contributed by atoms with Gasteiger partial charge in [-0.15, -0.1) is 0 Å². The summed E-state index contributed by atoms with van der Waals surface area (Å²) in [6, 6.07) is 5.02. The predicted molar refractivity (Wildman–Crippen MR) is 98.8 cm³/mol. The third-order valence-corrected chi connectivity index (χ3v) is 5.50. The van der Waals surface area contributed by atoms with Gasteiger partial charge in [-0.1, -0.05) is 24.3 Å². The lowest BCUT2D eigenvalue weighted by Gasteiger charge is -2.34. The maximum absolute atomic E-state index is 13.6. The van der Waals surface area contributed by atoms with Crippen LogP contribution in [0.25, 0.3) is 0 Å². The summed E-state index contributed by atoms with van der Waals surface area (Å²) in [5.41, 5.74) is 1.37. The molecule has 26 heavy (non-hydrogen) atoms. The third kappa shape index (κ3) is 4.51. The minimum Gasteiger partial charge on any atom is -0.352 e. The molecule has 1 fully saturated rings. The van der Waals surface area contributed by atoms with Crippen molar-refractivity contribution in [2.24, 2.45) is 11.8 Å². The van der Waals surface area contributed by atoms with Crippen molar-refractivity contribution in [3.05, 3.63) is 47.3 Å². The number of nitrogens with zero attached hydrogens (tertiary/aromatic N) is 1. The van der Waals surface area contributed by atoms with Crippen molar-refractivity contribution in [1.82, 2.24) is 10.2 Å². The van der Waals surface area contributed by atoms with Gasteiger partial charge in [-0.2, -0.15) is 0 Å². The van der Waals surface area contributed by atoms with Gasteiger partial charge < -0.3 is 10.2 Å². The number of piperidine rings is 1. The highest BCUT2D eigenvalue weighted by Gasteiger charge is 2.30. The van der Waals surface area contributed by atoms with E-state index < -0.39 is 0 Å². The molecule has 0 saturated carbocycles. The molecule has 3 rings (SSSR count). The first-order valence-corrected chi connectivity index (χ1v) is 9.51. The number of amides is 2. The van der Waals surface area contributed by atoms with E-state index in [0.717, 1.165) is 24.8 Å². The summed E-state index contributed by atoms with van der Waals surface area (Å²) in [5.74, 6) is 0.0329. The molecule has 1 aromatic rings. The van der Waals surface area contributed by atoms with Gasteiger partial charge in [-0.3, -0.25) is 9.59 Å². The van der Waals surface area contributed by atoms with E-state index in [1.54, 1.807) is 13.0 Å². The number of aryl methyl sites for hydroxylation is 1. The normalized spacial score (nSPS) is 20.8. The highest BCUT2D eigenvalue weighted by molar-refractivity contribution is 5.81. The standard InChI is InChI=1S/C21H27FN2O2/c1-15-7-8-16(13-19(15)22)14-23-20(25)17-9-11-24(12-10-17)21(26)18-5-3-2-4-6-18/h2-3,7-8,13,17-18H,4-6,9-12,14H2,1H3,(H,23,25)/t18-/m1/s1. The van der Waals surface area contributed by atoms with Crippen molar-refractivity contribution >= 4 is 11.8 Å². The van der Waals surface area contributed by atoms with E-state index in [1.807, 2.05) is 11.0 Å². The Morgan fingerprint density at radius 2 is 1.92 bits per heavy atom. The molecule has 0 spiro atoms. The van der Waals surface area contributed by atoms with Crippen molar-refractivity contribution in [2.45, 2.75) is 45.6 Å². The summed E-state index contributed by atoms with van der Waals surface area (Å²) >= 11 is 0. The average Bonchev–Trinajstić information content (AvgIpc) is 2.69. The maximum atomic E-state index is 13.6. The van der Waals surface area contributed by atoms with Gasteiger partial charge in [-0.25, -0.2) is 4.39 Å². The molecule has 4 nitrogen and oxygen atoms in total. The number of rotatable bonds is 4. The average molecular weight is 358 g/mol. The molecule has 5 heteroatoms. The second kappa shape index (κ2) is 8.47. The van der Waals surface area contributed by atoms with Gasteiger partial charge >= 0.3 is 0 Å². The van der Waals surface area contributed by atoms with Gasteiger partial charge in [0.15, 0.2) is 0 Å². The zero-order valence-corrected chi connectivity index (χ0v) is 15.3. The Bertz CT molecular complexity index is 693. The lowest BCUT2D eigenvalue weighted by Crippen LogP contribution is -2.45. The Labute approximate surface area is 154 Å². The van der Waals surface area contributed by atoms with Crippen molar-refractivity contribution in [2.75, 3.05) is 13.1 Å². The minimum atomic E-state index is -0.249. The van der Waals surface area contributed by atoms with Crippen LogP contribution in [0.15, 0.2) is 30.4 Å². The van der Waals surface area contributed by atoms with E-state index in [9.17, 15) is 14.0 Å². The van der Waals surface area contributed by atoms with Crippen LogP contribution in [0, 0.1) is 24.6 Å². The lowest BCUT2D eigenvalue weighted by atomic mass is 9.90. The summed E-state index contributed by atoms with van der Waals surface area (Å²) in [6.07, 6.45) is 8.38. The number of halogens is 1. The van der Waals surface area contributed by atoms with Crippen LogP contribution in [-0.4, -0.2) is 29.8 Å². The van der Waals surface area contributed by atoms with Gasteiger partial charge in [0, 0.05) is 31.5 Å². The van der Waals surface area contributed by atoms with Crippen LogP contribution in [0.1, 0.15) is 43.2 Å². The molecule has 2 aliphatic rings. The molecule has 1 saturated heterocycles. The predicted octanol–water partition coefficient (Wildman–Crippen LogP) is 3.35. The molecular formula is C21H27FN2O2. The smallest absolute Gasteiger partial charge is 0.226 e. The number of likely N-dealkylation sites (tertiary alicyclic amines) is 1. The zero-order valence-electron chi connectivity index (χ0n) is 15.3. The summed E-state index contributed by atoms with van der Waals surface area (Å²) in [6.45, 7) is 3.35. The first-order valence-electron chi connectivity index (χ1n) is 9.51. The summed E-state index contributed by atoms with van der Waals surface area (Å²) < 4.78 is 13.6. The van der Waals surface area contributed by atoms with Crippen LogP contribution < -0.4 is 5.32 Å². The number of hydrogen-bond donors (Lipinski definition) is 1. The Morgan fingerprint density at radius 1 is 1.15 bits per heavy atom. The molecule has 2 amide bonds. The van der Waals surface area contributed by atoms with Gasteiger partial charge in [0.25, 0.3) is 0 Å².